The second-order valence-electron chi connectivity index (χ2n) is 4.91. The second kappa shape index (κ2) is 4.90. The van der Waals surface area contributed by atoms with Crippen LogP contribution in [-0.2, 0) is 21.7 Å². The summed E-state index contributed by atoms with van der Waals surface area (Å²) in [6, 6.07) is -1.41. The number of hydrogen-bond donors (Lipinski definition) is 1. The van der Waals surface area contributed by atoms with Gasteiger partial charge in [0.05, 0.1) is 18.4 Å². The van der Waals surface area contributed by atoms with Crippen molar-refractivity contribution < 1.29 is 22.0 Å². The molecule has 1 atom stereocenters. The molecule has 2 bridgehead atoms. The van der Waals surface area contributed by atoms with Crippen LogP contribution in [-0.4, -0.2) is 57.6 Å². The number of hydrogen-bond acceptors (Lipinski definition) is 6. The van der Waals surface area contributed by atoms with Crippen LogP contribution in [0.15, 0.2) is 23.3 Å². The molecule has 2 aliphatic heterocycles. The van der Waals surface area contributed by atoms with Gasteiger partial charge in [-0.1, -0.05) is 6.08 Å². The zero-order valence-electron chi connectivity index (χ0n) is 11.4. The minimum Gasteiger partial charge on any atom is -0.317 e. The van der Waals surface area contributed by atoms with Crippen LogP contribution in [0.25, 0.3) is 5.57 Å². The van der Waals surface area contributed by atoms with E-state index < -0.39 is 22.5 Å². The molecule has 11 heteroatoms. The molecule has 1 unspecified atom stereocenters. The van der Waals surface area contributed by atoms with Gasteiger partial charge in [0.2, 0.25) is 0 Å². The molecule has 2 aliphatic rings. The maximum Gasteiger partial charge on any atom is 0.418 e. The first-order valence-corrected chi connectivity index (χ1v) is 7.61. The van der Waals surface area contributed by atoms with E-state index in [9.17, 15) is 18.0 Å². The third-order valence-electron chi connectivity index (χ3n) is 3.47. The molecule has 0 spiro atoms. The Morgan fingerprint density at radius 1 is 1.41 bits per heavy atom. The number of nitrogens with zero attached hydrogens (tertiary/aromatic N) is 4. The van der Waals surface area contributed by atoms with Crippen LogP contribution in [0.2, 0.25) is 0 Å². The molecule has 1 saturated heterocycles. The normalized spacial score (nSPS) is 21.3. The Morgan fingerprint density at radius 3 is 2.77 bits per heavy atom. The van der Waals surface area contributed by atoms with Crippen molar-refractivity contribution in [3.05, 3.63) is 34.5 Å². The van der Waals surface area contributed by atoms with Gasteiger partial charge < -0.3 is 9.47 Å². The van der Waals surface area contributed by atoms with E-state index in [4.69, 9.17) is 4.55 Å². The summed E-state index contributed by atoms with van der Waals surface area (Å²) >= 11 is 0. The minimum absolute atomic E-state index is 0.199. The highest BCUT2D eigenvalue weighted by Crippen LogP contribution is 2.32. The number of amides is 2. The van der Waals surface area contributed by atoms with Crippen molar-refractivity contribution in [3.8, 4) is 0 Å². The summed E-state index contributed by atoms with van der Waals surface area (Å²) in [7, 11) is -3.27. The van der Waals surface area contributed by atoms with Gasteiger partial charge in [-0.3, -0.25) is 9.35 Å². The van der Waals surface area contributed by atoms with E-state index >= 15 is 0 Å². The molecule has 3 rings (SSSR count). The molecule has 2 amide bonds. The highest BCUT2D eigenvalue weighted by molar-refractivity contribution is 7.80. The maximum absolute atomic E-state index is 12.0. The molecular weight excluding hydrogens is 316 g/mol. The van der Waals surface area contributed by atoms with Crippen LogP contribution >= 0.6 is 0 Å². The fraction of sp³-hybridized carbons (Fsp3) is 0.364. The molecule has 118 valence electrons. The Balaban J connectivity index is 1.99. The van der Waals surface area contributed by atoms with Gasteiger partial charge >= 0.3 is 16.4 Å². The monoisotopic (exact) mass is 328 g/mol. The van der Waals surface area contributed by atoms with Gasteiger partial charge in [0.25, 0.3) is 5.56 Å². The van der Waals surface area contributed by atoms with Gasteiger partial charge in [-0.25, -0.2) is 9.78 Å². The molecule has 0 aliphatic carbocycles. The van der Waals surface area contributed by atoms with Gasteiger partial charge in [0.1, 0.15) is 6.04 Å². The molecule has 0 saturated carbocycles. The van der Waals surface area contributed by atoms with E-state index in [2.05, 4.69) is 9.27 Å². The summed E-state index contributed by atoms with van der Waals surface area (Å²) in [5.74, 6) is 0. The van der Waals surface area contributed by atoms with Crippen molar-refractivity contribution in [1.29, 1.82) is 0 Å². The molecule has 10 nitrogen and oxygen atoms in total. The second-order valence-corrected chi connectivity index (χ2v) is 5.92. The van der Waals surface area contributed by atoms with Gasteiger partial charge in [-0.05, 0) is 0 Å². The zero-order valence-corrected chi connectivity index (χ0v) is 12.2. The van der Waals surface area contributed by atoms with Gasteiger partial charge in [0, 0.05) is 25.4 Å². The number of rotatable bonds is 3. The smallest absolute Gasteiger partial charge is 0.317 e. The van der Waals surface area contributed by atoms with Crippen LogP contribution in [0, 0.1) is 0 Å². The third-order valence-corrected chi connectivity index (χ3v) is 3.82. The lowest BCUT2D eigenvalue weighted by atomic mass is 10.0. The number of carbonyl (C=O) groups is 1. The number of fused-ring (bicyclic) bond motifs is 2. The summed E-state index contributed by atoms with van der Waals surface area (Å²) < 4.78 is 36.3. The molecule has 1 aromatic heterocycles. The SMILES string of the molecule is Cn1cc(C2=CCN3CC2N(OS(=O)(=O)O)C3=O)ncc1=O. The molecule has 1 N–H and O–H groups in total. The number of carbonyl (C=O) groups excluding carboxylic acids is 1. The van der Waals surface area contributed by atoms with Crippen LogP contribution < -0.4 is 5.56 Å². The number of aromatic nitrogens is 2. The Morgan fingerprint density at radius 2 is 2.14 bits per heavy atom. The van der Waals surface area contributed by atoms with E-state index in [0.717, 1.165) is 6.20 Å². The van der Waals surface area contributed by atoms with Crippen molar-refractivity contribution in [2.24, 2.45) is 7.05 Å². The maximum atomic E-state index is 12.0. The van der Waals surface area contributed by atoms with Crippen LogP contribution in [0.1, 0.15) is 5.69 Å². The number of hydroxylamine groups is 2. The molecule has 22 heavy (non-hydrogen) atoms. The molecule has 0 radical (unpaired) electrons. The fourth-order valence-electron chi connectivity index (χ4n) is 2.46. The molecule has 0 aromatic carbocycles. The average molecular weight is 328 g/mol. The van der Waals surface area contributed by atoms with Gasteiger partial charge in [-0.15, -0.1) is 4.28 Å². The van der Waals surface area contributed by atoms with E-state index in [-0.39, 0.29) is 18.6 Å². The van der Waals surface area contributed by atoms with Gasteiger partial charge in [-0.2, -0.15) is 13.5 Å². The molecule has 1 fully saturated rings. The predicted octanol–water partition coefficient (Wildman–Crippen LogP) is -0.982. The lowest BCUT2D eigenvalue weighted by Crippen LogP contribution is -2.36. The molecular formula is C11H12N4O6S. The standard InChI is InChI=1S/C11H12N4O6S/c1-13-5-8(12-4-10(13)16)7-2-3-14-6-9(7)15(11(14)17)21-22(18,19)20/h2,4-5,9H,3,6H2,1H3,(H,18,19,20). The van der Waals surface area contributed by atoms with Crippen LogP contribution in [0.3, 0.4) is 0 Å². The largest absolute Gasteiger partial charge is 0.418 e. The van der Waals surface area contributed by atoms with E-state index in [1.807, 2.05) is 0 Å². The van der Waals surface area contributed by atoms with E-state index in [0.29, 0.717) is 16.3 Å². The van der Waals surface area contributed by atoms with E-state index in [1.54, 1.807) is 13.1 Å². The third kappa shape index (κ3) is 2.49. The topological polar surface area (TPSA) is 122 Å². The van der Waals surface area contributed by atoms with Crippen LogP contribution in [0.5, 0.6) is 0 Å². The summed E-state index contributed by atoms with van der Waals surface area (Å²) in [6.07, 6.45) is 4.32. The average Bonchev–Trinajstić information content (AvgIpc) is 2.66. The highest BCUT2D eigenvalue weighted by Gasteiger charge is 2.45. The summed E-state index contributed by atoms with van der Waals surface area (Å²) in [4.78, 5) is 28.8. The Labute approximate surface area is 125 Å². The van der Waals surface area contributed by atoms with Crippen molar-refractivity contribution in [1.82, 2.24) is 19.5 Å². The first-order valence-electron chi connectivity index (χ1n) is 6.24. The Hall–Kier alpha value is -2.24. The van der Waals surface area contributed by atoms with Crippen molar-refractivity contribution >= 4 is 22.0 Å². The molecule has 3 heterocycles. The summed E-state index contributed by atoms with van der Waals surface area (Å²) in [5, 5.41) is 0.598. The quantitative estimate of drug-likeness (QED) is 0.707. The van der Waals surface area contributed by atoms with Crippen molar-refractivity contribution in [2.45, 2.75) is 6.04 Å². The fourth-order valence-corrected chi connectivity index (χ4v) is 2.83. The summed E-state index contributed by atoms with van der Waals surface area (Å²) in [6.45, 7) is 0.450. The summed E-state index contributed by atoms with van der Waals surface area (Å²) in [5.41, 5.74) is 0.669. The van der Waals surface area contributed by atoms with Crippen molar-refractivity contribution in [2.75, 3.05) is 13.1 Å². The van der Waals surface area contributed by atoms with Crippen LogP contribution in [0.4, 0.5) is 4.79 Å². The lowest BCUT2D eigenvalue weighted by Gasteiger charge is -2.23. The number of urea groups is 1. The minimum atomic E-state index is -4.82. The molecule has 1 aromatic rings. The Bertz CT molecular complexity index is 829. The predicted molar refractivity (Wildman–Crippen MR) is 72.7 cm³/mol. The Kier molecular flexibility index (Phi) is 3.27. The highest BCUT2D eigenvalue weighted by atomic mass is 32.3. The first kappa shape index (κ1) is 14.7. The van der Waals surface area contributed by atoms with Crippen molar-refractivity contribution in [3.63, 3.8) is 0 Å². The van der Waals surface area contributed by atoms with Gasteiger partial charge in [0.15, 0.2) is 0 Å². The number of aryl methyl sites for hydroxylation is 1. The first-order chi connectivity index (χ1) is 10.3. The lowest BCUT2D eigenvalue weighted by molar-refractivity contribution is -0.0160. The van der Waals surface area contributed by atoms with E-state index in [1.165, 1.54) is 15.7 Å². The zero-order chi connectivity index (χ0) is 16.1.